The maximum absolute atomic E-state index is 13.6. The molecule has 0 heterocycles. The van der Waals surface area contributed by atoms with E-state index in [0.717, 1.165) is 54.8 Å². The molecule has 0 unspecified atom stereocenters. The first-order valence-corrected chi connectivity index (χ1v) is 14.3. The minimum Gasteiger partial charge on any atom is -0.352 e. The van der Waals surface area contributed by atoms with Crippen LogP contribution in [0.1, 0.15) is 44.6 Å². The summed E-state index contributed by atoms with van der Waals surface area (Å²) >= 11 is 12.3. The fourth-order valence-electron chi connectivity index (χ4n) is 4.21. The van der Waals surface area contributed by atoms with Gasteiger partial charge >= 0.3 is 0 Å². The van der Waals surface area contributed by atoms with Crippen LogP contribution in [0.15, 0.2) is 42.5 Å². The molecule has 196 valence electrons. The number of carbonyl (C=O) groups excluding carboxylic acids is 2. The Morgan fingerprint density at radius 2 is 1.72 bits per heavy atom. The first kappa shape index (κ1) is 28.2. The lowest BCUT2D eigenvalue weighted by molar-refractivity contribution is -0.139. The Balaban J connectivity index is 1.89. The lowest BCUT2D eigenvalue weighted by Gasteiger charge is -2.33. The number of anilines is 1. The summed E-state index contributed by atoms with van der Waals surface area (Å²) in [4.78, 5) is 28.0. The van der Waals surface area contributed by atoms with Gasteiger partial charge in [0, 0.05) is 22.6 Å². The molecule has 3 rings (SSSR count). The van der Waals surface area contributed by atoms with Gasteiger partial charge in [0.15, 0.2) is 0 Å². The largest absolute Gasteiger partial charge is 0.352 e. The lowest BCUT2D eigenvalue weighted by Crippen LogP contribution is -2.53. The van der Waals surface area contributed by atoms with Crippen LogP contribution in [0.3, 0.4) is 0 Å². The van der Waals surface area contributed by atoms with E-state index in [1.54, 1.807) is 19.1 Å². The normalized spacial score (nSPS) is 15.2. The Morgan fingerprint density at radius 1 is 1.08 bits per heavy atom. The zero-order valence-electron chi connectivity index (χ0n) is 20.2. The summed E-state index contributed by atoms with van der Waals surface area (Å²) < 4.78 is 39.4. The van der Waals surface area contributed by atoms with Crippen LogP contribution in [0.4, 0.5) is 10.1 Å². The molecule has 1 N–H and O–H groups in total. The standard InChI is InChI=1S/C25H30Cl2FN3O4S/c1-17(25(33)29-21-6-4-3-5-7-21)30(15-18-8-9-19(26)14-23(18)27)24(32)16-31(36(2,34)35)22-12-10-20(28)11-13-22/h8-14,17,21H,3-7,15-16H2,1-2H3,(H,29,33)/t17-/m0/s1. The van der Waals surface area contributed by atoms with Crippen molar-refractivity contribution in [1.82, 2.24) is 10.2 Å². The highest BCUT2D eigenvalue weighted by Gasteiger charge is 2.31. The molecule has 2 aromatic rings. The van der Waals surface area contributed by atoms with Gasteiger partial charge in [0.05, 0.1) is 11.9 Å². The topological polar surface area (TPSA) is 86.8 Å². The summed E-state index contributed by atoms with van der Waals surface area (Å²) in [7, 11) is -3.90. The highest BCUT2D eigenvalue weighted by atomic mass is 35.5. The molecule has 0 aromatic heterocycles. The van der Waals surface area contributed by atoms with Gasteiger partial charge in [0.2, 0.25) is 21.8 Å². The molecule has 11 heteroatoms. The number of benzene rings is 2. The van der Waals surface area contributed by atoms with Crippen LogP contribution in [0.2, 0.25) is 10.0 Å². The van der Waals surface area contributed by atoms with Crippen molar-refractivity contribution in [3.05, 3.63) is 63.9 Å². The van der Waals surface area contributed by atoms with Crippen LogP contribution >= 0.6 is 23.2 Å². The molecule has 0 radical (unpaired) electrons. The Kier molecular flexibility index (Phi) is 9.60. The zero-order valence-corrected chi connectivity index (χ0v) is 22.5. The average molecular weight is 559 g/mol. The molecule has 1 saturated carbocycles. The molecular weight excluding hydrogens is 528 g/mol. The Labute approximate surface area is 221 Å². The number of rotatable bonds is 9. The van der Waals surface area contributed by atoms with Crippen LogP contribution in [-0.4, -0.2) is 50.0 Å². The van der Waals surface area contributed by atoms with Crippen molar-refractivity contribution in [2.75, 3.05) is 17.1 Å². The van der Waals surface area contributed by atoms with Gasteiger partial charge in [-0.1, -0.05) is 48.5 Å². The number of amides is 2. The van der Waals surface area contributed by atoms with Crippen molar-refractivity contribution in [3.8, 4) is 0 Å². The summed E-state index contributed by atoms with van der Waals surface area (Å²) in [5.74, 6) is -1.47. The minimum absolute atomic E-state index is 0.0326. The Bertz CT molecular complexity index is 1190. The number of nitrogens with zero attached hydrogens (tertiary/aromatic N) is 2. The fraction of sp³-hybridized carbons (Fsp3) is 0.440. The molecule has 1 atom stereocenters. The third-order valence-corrected chi connectivity index (χ3v) is 8.00. The van der Waals surface area contributed by atoms with Crippen molar-refractivity contribution in [3.63, 3.8) is 0 Å². The van der Waals surface area contributed by atoms with E-state index in [4.69, 9.17) is 23.2 Å². The zero-order chi connectivity index (χ0) is 26.5. The number of hydrogen-bond donors (Lipinski definition) is 1. The predicted octanol–water partition coefficient (Wildman–Crippen LogP) is 4.76. The number of hydrogen-bond acceptors (Lipinski definition) is 4. The molecular formula is C25H30Cl2FN3O4S. The van der Waals surface area contributed by atoms with Gasteiger partial charge in [-0.15, -0.1) is 0 Å². The Hall–Kier alpha value is -2.36. The number of halogens is 3. The second-order valence-electron chi connectivity index (χ2n) is 9.02. The summed E-state index contributed by atoms with van der Waals surface area (Å²) in [6.07, 6.45) is 5.91. The van der Waals surface area contributed by atoms with Crippen molar-refractivity contribution in [2.45, 2.75) is 57.7 Å². The number of carbonyl (C=O) groups is 2. The van der Waals surface area contributed by atoms with Crippen LogP contribution < -0.4 is 9.62 Å². The maximum Gasteiger partial charge on any atom is 0.244 e. The SMILES string of the molecule is C[C@@H](C(=O)NC1CCCCC1)N(Cc1ccc(Cl)cc1Cl)C(=O)CN(c1ccc(F)cc1)S(C)(=O)=O. The van der Waals surface area contributed by atoms with Crippen molar-refractivity contribution in [2.24, 2.45) is 0 Å². The van der Waals surface area contributed by atoms with Crippen molar-refractivity contribution >= 4 is 50.7 Å². The van der Waals surface area contributed by atoms with E-state index < -0.39 is 34.3 Å². The molecule has 0 bridgehead atoms. The van der Waals surface area contributed by atoms with E-state index in [-0.39, 0.29) is 24.2 Å². The summed E-state index contributed by atoms with van der Waals surface area (Å²) in [5.41, 5.74) is 0.690. The summed E-state index contributed by atoms with van der Waals surface area (Å²) in [6, 6.07) is 8.75. The summed E-state index contributed by atoms with van der Waals surface area (Å²) in [5, 5.41) is 3.76. The predicted molar refractivity (Wildman–Crippen MR) is 140 cm³/mol. The van der Waals surface area contributed by atoms with Gasteiger partial charge < -0.3 is 10.2 Å². The number of sulfonamides is 1. The van der Waals surface area contributed by atoms with E-state index in [1.165, 1.54) is 23.1 Å². The second-order valence-corrected chi connectivity index (χ2v) is 11.8. The van der Waals surface area contributed by atoms with Crippen LogP contribution in [0.25, 0.3) is 0 Å². The highest BCUT2D eigenvalue weighted by molar-refractivity contribution is 7.92. The van der Waals surface area contributed by atoms with Crippen molar-refractivity contribution < 1.29 is 22.4 Å². The first-order chi connectivity index (χ1) is 17.0. The van der Waals surface area contributed by atoms with Gasteiger partial charge in [0.25, 0.3) is 0 Å². The van der Waals surface area contributed by atoms with Crippen LogP contribution in [0.5, 0.6) is 0 Å². The van der Waals surface area contributed by atoms with E-state index in [9.17, 15) is 22.4 Å². The average Bonchev–Trinajstić information content (AvgIpc) is 2.82. The molecule has 0 saturated heterocycles. The molecule has 1 aliphatic rings. The summed E-state index contributed by atoms with van der Waals surface area (Å²) in [6.45, 7) is 0.994. The molecule has 0 aliphatic heterocycles. The quantitative estimate of drug-likeness (QED) is 0.481. The molecule has 2 amide bonds. The molecule has 1 fully saturated rings. The van der Waals surface area contributed by atoms with Gasteiger partial charge in [-0.3, -0.25) is 13.9 Å². The third kappa shape index (κ3) is 7.57. The first-order valence-electron chi connectivity index (χ1n) is 11.7. The smallest absolute Gasteiger partial charge is 0.244 e. The maximum atomic E-state index is 13.6. The van der Waals surface area contributed by atoms with E-state index in [2.05, 4.69) is 5.32 Å². The Morgan fingerprint density at radius 3 is 2.31 bits per heavy atom. The molecule has 7 nitrogen and oxygen atoms in total. The van der Waals surface area contributed by atoms with E-state index >= 15 is 0 Å². The number of nitrogens with one attached hydrogen (secondary N) is 1. The molecule has 0 spiro atoms. The molecule has 2 aromatic carbocycles. The monoisotopic (exact) mass is 557 g/mol. The van der Waals surface area contributed by atoms with E-state index in [1.807, 2.05) is 0 Å². The molecule has 36 heavy (non-hydrogen) atoms. The van der Waals surface area contributed by atoms with Gasteiger partial charge in [-0.2, -0.15) is 0 Å². The molecule has 1 aliphatic carbocycles. The van der Waals surface area contributed by atoms with Gasteiger partial charge in [0.1, 0.15) is 18.4 Å². The van der Waals surface area contributed by atoms with E-state index in [0.29, 0.717) is 15.6 Å². The third-order valence-electron chi connectivity index (χ3n) is 6.27. The highest BCUT2D eigenvalue weighted by Crippen LogP contribution is 2.25. The minimum atomic E-state index is -3.90. The van der Waals surface area contributed by atoms with Crippen LogP contribution in [-0.2, 0) is 26.2 Å². The van der Waals surface area contributed by atoms with Gasteiger partial charge in [-0.25, -0.2) is 12.8 Å². The van der Waals surface area contributed by atoms with Gasteiger partial charge in [-0.05, 0) is 61.7 Å². The second kappa shape index (κ2) is 12.3. The van der Waals surface area contributed by atoms with Crippen LogP contribution in [0, 0.1) is 5.82 Å². The fourth-order valence-corrected chi connectivity index (χ4v) is 5.52. The van der Waals surface area contributed by atoms with Crippen molar-refractivity contribution in [1.29, 1.82) is 0 Å². The lowest BCUT2D eigenvalue weighted by atomic mass is 9.95.